The predicted molar refractivity (Wildman–Crippen MR) is 238 cm³/mol. The average Bonchev–Trinajstić information content (AvgIpc) is 3.27. The zero-order valence-corrected chi connectivity index (χ0v) is 38.1. The van der Waals surface area contributed by atoms with Crippen molar-refractivity contribution in [1.29, 1.82) is 0 Å². The molecule has 0 radical (unpaired) electrons. The summed E-state index contributed by atoms with van der Waals surface area (Å²) >= 11 is 0. The van der Waals surface area contributed by atoms with Crippen LogP contribution in [0.25, 0.3) is 0 Å². The van der Waals surface area contributed by atoms with Gasteiger partial charge in [0.15, 0.2) is 12.6 Å². The molecule has 11 unspecified atom stereocenters. The highest BCUT2D eigenvalue weighted by Crippen LogP contribution is 2.26. The second-order valence-electron chi connectivity index (χ2n) is 16.9. The zero-order chi connectivity index (χ0) is 45.2. The Balaban J connectivity index is 1.79. The lowest BCUT2D eigenvalue weighted by Crippen LogP contribution is -2.61. The van der Waals surface area contributed by atoms with Crippen LogP contribution in [0, 0.1) is 0 Å². The first-order valence-electron chi connectivity index (χ1n) is 24.1. The normalized spacial score (nSPS) is 27.5. The first-order valence-corrected chi connectivity index (χ1v) is 24.1. The van der Waals surface area contributed by atoms with Crippen LogP contribution in [-0.4, -0.2) is 142 Å². The smallest absolute Gasteiger partial charge is 0.306 e. The lowest BCUT2D eigenvalue weighted by molar-refractivity contribution is -0.332. The number of carbonyl (C=O) groups excluding carboxylic acids is 1. The Morgan fingerprint density at radius 1 is 0.532 bits per heavy atom. The van der Waals surface area contributed by atoms with Gasteiger partial charge in [-0.05, 0) is 64.2 Å². The van der Waals surface area contributed by atoms with Gasteiger partial charge in [-0.1, -0.05) is 127 Å². The first-order chi connectivity index (χ1) is 30.1. The van der Waals surface area contributed by atoms with E-state index in [1.165, 1.54) is 70.6 Å². The number of hydrogen-bond acceptors (Lipinski definition) is 14. The topological polar surface area (TPSA) is 214 Å². The fraction of sp³-hybridized carbons (Fsp3) is 0.854. The van der Waals surface area contributed by atoms with Crippen LogP contribution in [0.4, 0.5) is 0 Å². The fourth-order valence-electron chi connectivity index (χ4n) is 7.37. The molecule has 2 aliphatic rings. The highest BCUT2D eigenvalue weighted by Gasteiger charge is 2.47. The number of ether oxygens (including phenoxy) is 6. The van der Waals surface area contributed by atoms with Crippen LogP contribution in [0.3, 0.4) is 0 Å². The number of rotatable bonds is 37. The Morgan fingerprint density at radius 3 is 1.63 bits per heavy atom. The lowest BCUT2D eigenvalue weighted by Gasteiger charge is -2.42. The number of esters is 1. The van der Waals surface area contributed by atoms with Gasteiger partial charge in [0.05, 0.1) is 26.4 Å². The summed E-state index contributed by atoms with van der Waals surface area (Å²) in [7, 11) is 0. The monoisotopic (exact) mass is 887 g/mol. The maximum atomic E-state index is 13.0. The molecule has 0 saturated carbocycles. The molecule has 0 aromatic heterocycles. The van der Waals surface area contributed by atoms with E-state index in [0.29, 0.717) is 13.0 Å². The fourth-order valence-corrected chi connectivity index (χ4v) is 7.37. The van der Waals surface area contributed by atoms with Gasteiger partial charge in [0, 0.05) is 13.0 Å². The molecule has 0 spiro atoms. The molecule has 2 heterocycles. The number of aliphatic hydroxyl groups is 7. The molecular weight excluding hydrogens is 801 g/mol. The van der Waals surface area contributed by atoms with E-state index in [-0.39, 0.29) is 25.6 Å². The summed E-state index contributed by atoms with van der Waals surface area (Å²) in [4.78, 5) is 13.0. The van der Waals surface area contributed by atoms with E-state index in [9.17, 15) is 40.5 Å². The Kier molecular flexibility index (Phi) is 33.1. The Hall–Kier alpha value is -1.79. The molecule has 0 amide bonds. The SMILES string of the molecule is CCC/C=C\CCCCCCCCOCC(COC1OC(COC2OC(CO)C(O)C(O)C2O)C(O)C(O)C1O)OC(=O)CCCCCCCCC/C=C\C/C=C\CCCCC. The predicted octanol–water partition coefficient (Wildman–Crippen LogP) is 6.24. The molecule has 2 saturated heterocycles. The van der Waals surface area contributed by atoms with Gasteiger partial charge in [0.2, 0.25) is 0 Å². The van der Waals surface area contributed by atoms with Crippen molar-refractivity contribution in [2.45, 2.75) is 229 Å². The quantitative estimate of drug-likeness (QED) is 0.0209. The van der Waals surface area contributed by atoms with Gasteiger partial charge in [-0.2, -0.15) is 0 Å². The summed E-state index contributed by atoms with van der Waals surface area (Å²) in [5.41, 5.74) is 0. The Morgan fingerprint density at radius 2 is 1.03 bits per heavy atom. The molecule has 62 heavy (non-hydrogen) atoms. The minimum absolute atomic E-state index is 0.0540. The summed E-state index contributed by atoms with van der Waals surface area (Å²) < 4.78 is 34.2. The van der Waals surface area contributed by atoms with E-state index in [0.717, 1.165) is 64.2 Å². The van der Waals surface area contributed by atoms with Gasteiger partial charge in [-0.25, -0.2) is 0 Å². The summed E-state index contributed by atoms with van der Waals surface area (Å²) in [5.74, 6) is -0.388. The maximum absolute atomic E-state index is 13.0. The van der Waals surface area contributed by atoms with E-state index in [1.807, 2.05) is 0 Å². The van der Waals surface area contributed by atoms with E-state index < -0.39 is 80.7 Å². The van der Waals surface area contributed by atoms with Crippen molar-refractivity contribution in [1.82, 2.24) is 0 Å². The van der Waals surface area contributed by atoms with Gasteiger partial charge in [0.25, 0.3) is 0 Å². The minimum Gasteiger partial charge on any atom is -0.457 e. The van der Waals surface area contributed by atoms with Gasteiger partial charge >= 0.3 is 5.97 Å². The summed E-state index contributed by atoms with van der Waals surface area (Å²) in [6.45, 7) is 3.57. The summed E-state index contributed by atoms with van der Waals surface area (Å²) in [5, 5.41) is 71.9. The molecule has 0 aromatic rings. The molecule has 2 fully saturated rings. The van der Waals surface area contributed by atoms with Crippen LogP contribution < -0.4 is 0 Å². The second-order valence-corrected chi connectivity index (χ2v) is 16.9. The number of carbonyl (C=O) groups is 1. The Bertz CT molecular complexity index is 1170. The third-order valence-electron chi connectivity index (χ3n) is 11.4. The van der Waals surface area contributed by atoms with Crippen molar-refractivity contribution in [2.75, 3.05) is 33.0 Å². The number of allylic oxidation sites excluding steroid dienone is 6. The van der Waals surface area contributed by atoms with Crippen molar-refractivity contribution in [3.63, 3.8) is 0 Å². The van der Waals surface area contributed by atoms with Crippen molar-refractivity contribution in [3.8, 4) is 0 Å². The molecule has 2 rings (SSSR count). The van der Waals surface area contributed by atoms with Crippen LogP contribution in [0.2, 0.25) is 0 Å². The van der Waals surface area contributed by atoms with Gasteiger partial charge in [0.1, 0.15) is 54.9 Å². The molecular formula is C48H86O14. The molecule has 362 valence electrons. The molecule has 2 aliphatic heterocycles. The molecule has 14 heteroatoms. The van der Waals surface area contributed by atoms with E-state index >= 15 is 0 Å². The standard InChI is InChI=1S/C48H86O14/c1-3-5-7-9-11-13-15-16-17-18-19-20-21-23-25-27-29-31-40(50)60-37(34-57-32-30-28-26-24-22-14-12-10-8-6-4-2)35-58-47-46(56)44(54)42(52)39(62-47)36-59-48-45(55)43(53)41(51)38(33-49)61-48/h8,10-11,13,16-17,37-39,41-49,51-56H,3-7,9,12,14-15,18-36H2,1-2H3/b10-8-,13-11-,17-16-. The third kappa shape index (κ3) is 24.5. The van der Waals surface area contributed by atoms with Crippen LogP contribution in [0.1, 0.15) is 162 Å². The molecule has 7 N–H and O–H groups in total. The van der Waals surface area contributed by atoms with E-state index in [2.05, 4.69) is 50.3 Å². The number of hydrogen-bond donors (Lipinski definition) is 7. The molecule has 11 atom stereocenters. The molecule has 0 bridgehead atoms. The van der Waals surface area contributed by atoms with Gasteiger partial charge < -0.3 is 64.2 Å². The van der Waals surface area contributed by atoms with Crippen LogP contribution in [0.15, 0.2) is 36.5 Å². The van der Waals surface area contributed by atoms with Gasteiger partial charge in [-0.3, -0.25) is 4.79 Å². The summed E-state index contributed by atoms with van der Waals surface area (Å²) in [6.07, 6.45) is 22.1. The van der Waals surface area contributed by atoms with Crippen LogP contribution in [-0.2, 0) is 33.2 Å². The Labute approximate surface area is 372 Å². The molecule has 14 nitrogen and oxygen atoms in total. The van der Waals surface area contributed by atoms with Gasteiger partial charge in [-0.15, -0.1) is 0 Å². The third-order valence-corrected chi connectivity index (χ3v) is 11.4. The van der Waals surface area contributed by atoms with E-state index in [1.54, 1.807) is 0 Å². The average molecular weight is 887 g/mol. The highest BCUT2D eigenvalue weighted by atomic mass is 16.7. The summed E-state index contributed by atoms with van der Waals surface area (Å²) in [6, 6.07) is 0. The lowest BCUT2D eigenvalue weighted by atomic mass is 9.98. The molecule has 0 aliphatic carbocycles. The number of unbranched alkanes of at least 4 members (excludes halogenated alkanes) is 17. The van der Waals surface area contributed by atoms with Crippen LogP contribution in [0.5, 0.6) is 0 Å². The first kappa shape index (κ1) is 56.3. The van der Waals surface area contributed by atoms with Crippen molar-refractivity contribution < 1.29 is 69.0 Å². The van der Waals surface area contributed by atoms with Crippen LogP contribution >= 0.6 is 0 Å². The molecule has 0 aromatic carbocycles. The van der Waals surface area contributed by atoms with E-state index in [4.69, 9.17) is 28.4 Å². The zero-order valence-electron chi connectivity index (χ0n) is 38.1. The highest BCUT2D eigenvalue weighted by molar-refractivity contribution is 5.69. The number of aliphatic hydroxyl groups excluding tert-OH is 7. The largest absolute Gasteiger partial charge is 0.457 e. The second kappa shape index (κ2) is 36.4. The van der Waals surface area contributed by atoms with Crippen molar-refractivity contribution in [2.24, 2.45) is 0 Å². The maximum Gasteiger partial charge on any atom is 0.306 e. The van der Waals surface area contributed by atoms with Crippen molar-refractivity contribution >= 4 is 5.97 Å². The van der Waals surface area contributed by atoms with Crippen molar-refractivity contribution in [3.05, 3.63) is 36.5 Å². The minimum atomic E-state index is -1.71.